The lowest BCUT2D eigenvalue weighted by atomic mass is 9.47. The molecule has 13 heteroatoms. The second kappa shape index (κ2) is 12.4. The first-order chi connectivity index (χ1) is 21.0. The summed E-state index contributed by atoms with van der Waals surface area (Å²) in [6, 6.07) is 8.01. The van der Waals surface area contributed by atoms with E-state index in [1.807, 2.05) is 0 Å². The highest BCUT2D eigenvalue weighted by molar-refractivity contribution is 5.89. The molecule has 2 bridgehead atoms. The second-order valence-corrected chi connectivity index (χ2v) is 12.5. The topological polar surface area (TPSA) is 167 Å². The van der Waals surface area contributed by atoms with Crippen LogP contribution in [0, 0.1) is 17.3 Å². The third kappa shape index (κ3) is 5.89. The van der Waals surface area contributed by atoms with E-state index in [0.29, 0.717) is 0 Å². The lowest BCUT2D eigenvalue weighted by Gasteiger charge is -2.64. The third-order valence-corrected chi connectivity index (χ3v) is 9.00. The fourth-order valence-electron chi connectivity index (χ4n) is 7.80. The zero-order chi connectivity index (χ0) is 33.5. The molecule has 1 aromatic rings. The molecule has 1 aromatic carbocycles. The molecule has 246 valence electrons. The monoisotopic (exact) mass is 632 g/mol. The van der Waals surface area contributed by atoms with Gasteiger partial charge in [-0.25, -0.2) is 4.79 Å². The van der Waals surface area contributed by atoms with E-state index in [1.165, 1.54) is 26.0 Å². The van der Waals surface area contributed by atoms with Gasteiger partial charge in [-0.1, -0.05) is 25.1 Å². The van der Waals surface area contributed by atoms with E-state index in [2.05, 4.69) is 0 Å². The summed E-state index contributed by atoms with van der Waals surface area (Å²) in [4.78, 5) is 77.0. The lowest BCUT2D eigenvalue weighted by Crippen LogP contribution is -2.81. The van der Waals surface area contributed by atoms with Gasteiger partial charge >= 0.3 is 35.8 Å². The molecule has 1 heterocycles. The van der Waals surface area contributed by atoms with Crippen LogP contribution >= 0.6 is 0 Å². The van der Waals surface area contributed by atoms with Crippen molar-refractivity contribution in [3.05, 3.63) is 35.9 Å². The zero-order valence-corrected chi connectivity index (χ0v) is 26.6. The Kier molecular flexibility index (Phi) is 9.35. The van der Waals surface area contributed by atoms with Gasteiger partial charge in [0.05, 0.1) is 17.1 Å². The minimum Gasteiger partial charge on any atom is -0.465 e. The van der Waals surface area contributed by atoms with Crippen molar-refractivity contribution < 1.29 is 61.9 Å². The number of carbonyl (C=O) groups excluding carboxylic acids is 6. The van der Waals surface area contributed by atoms with E-state index < -0.39 is 101 Å². The highest BCUT2D eigenvalue weighted by atomic mass is 16.6. The van der Waals surface area contributed by atoms with Crippen molar-refractivity contribution in [2.75, 3.05) is 6.61 Å². The molecule has 1 spiro atoms. The predicted molar refractivity (Wildman–Crippen MR) is 152 cm³/mol. The fourth-order valence-corrected chi connectivity index (χ4v) is 7.80. The molecule has 1 aliphatic heterocycles. The predicted octanol–water partition coefficient (Wildman–Crippen LogP) is 2.71. The molecule has 2 aliphatic carbocycles. The van der Waals surface area contributed by atoms with Gasteiger partial charge in [0.1, 0.15) is 35.9 Å². The van der Waals surface area contributed by atoms with Gasteiger partial charge in [-0.3, -0.25) is 24.0 Å². The van der Waals surface area contributed by atoms with Crippen LogP contribution in [0.4, 0.5) is 0 Å². The van der Waals surface area contributed by atoms with Gasteiger partial charge in [0.15, 0.2) is 12.2 Å². The van der Waals surface area contributed by atoms with Crippen molar-refractivity contribution in [1.82, 2.24) is 0 Å². The molecule has 0 amide bonds. The normalized spacial score (nSPS) is 34.4. The molecule has 0 unspecified atom stereocenters. The number of carbonyl (C=O) groups is 6. The Balaban J connectivity index is 2.13. The van der Waals surface area contributed by atoms with Gasteiger partial charge in [0, 0.05) is 34.6 Å². The van der Waals surface area contributed by atoms with Gasteiger partial charge in [-0.05, 0) is 38.3 Å². The van der Waals surface area contributed by atoms with Crippen molar-refractivity contribution in [3.63, 3.8) is 0 Å². The number of hydrogen-bond acceptors (Lipinski definition) is 13. The first-order valence-corrected chi connectivity index (χ1v) is 14.8. The summed E-state index contributed by atoms with van der Waals surface area (Å²) in [6.07, 6.45) is -6.74. The van der Waals surface area contributed by atoms with Crippen molar-refractivity contribution >= 4 is 35.8 Å². The van der Waals surface area contributed by atoms with Gasteiger partial charge in [0.25, 0.3) is 0 Å². The molecule has 1 saturated heterocycles. The van der Waals surface area contributed by atoms with E-state index in [0.717, 1.165) is 20.8 Å². The van der Waals surface area contributed by atoms with E-state index in [-0.39, 0.29) is 12.0 Å². The van der Waals surface area contributed by atoms with Crippen LogP contribution in [0.1, 0.15) is 72.2 Å². The summed E-state index contributed by atoms with van der Waals surface area (Å²) in [6.45, 7) is 10.4. The van der Waals surface area contributed by atoms with Crippen molar-refractivity contribution in [1.29, 1.82) is 0 Å². The Hall–Kier alpha value is -4.00. The number of fused-ring (bicyclic) bond motifs is 1. The Morgan fingerprint density at radius 3 is 1.82 bits per heavy atom. The summed E-state index contributed by atoms with van der Waals surface area (Å²) in [5.74, 6) is -6.12. The van der Waals surface area contributed by atoms with Crippen LogP contribution in [0.25, 0.3) is 0 Å². The second-order valence-electron chi connectivity index (χ2n) is 12.5. The molecule has 2 saturated carbocycles. The van der Waals surface area contributed by atoms with E-state index in [4.69, 9.17) is 33.2 Å². The quantitative estimate of drug-likeness (QED) is 0.303. The Morgan fingerprint density at radius 2 is 1.29 bits per heavy atom. The molecule has 0 N–H and O–H groups in total. The summed E-state index contributed by atoms with van der Waals surface area (Å²) in [5, 5.41) is 0. The Bertz CT molecular complexity index is 1360. The van der Waals surface area contributed by atoms with Crippen molar-refractivity contribution in [2.45, 2.75) is 104 Å². The first-order valence-electron chi connectivity index (χ1n) is 14.8. The van der Waals surface area contributed by atoms with Crippen molar-refractivity contribution in [2.24, 2.45) is 17.3 Å². The molecule has 9 atom stereocenters. The van der Waals surface area contributed by atoms with Gasteiger partial charge in [-0.15, -0.1) is 0 Å². The summed E-state index contributed by atoms with van der Waals surface area (Å²) in [7, 11) is 0. The minimum absolute atomic E-state index is 0.0531. The maximum absolute atomic E-state index is 13.8. The Labute approximate surface area is 261 Å². The minimum atomic E-state index is -1.96. The van der Waals surface area contributed by atoms with E-state index in [1.54, 1.807) is 39.0 Å². The molecule has 45 heavy (non-hydrogen) atoms. The number of hydrogen-bond donors (Lipinski definition) is 0. The molecule has 0 aromatic heterocycles. The highest BCUT2D eigenvalue weighted by Crippen LogP contribution is 2.68. The smallest absolute Gasteiger partial charge is 0.338 e. The maximum Gasteiger partial charge on any atom is 0.338 e. The van der Waals surface area contributed by atoms with Crippen LogP contribution in [-0.4, -0.2) is 84.1 Å². The average Bonchev–Trinajstić information content (AvgIpc) is 3.11. The van der Waals surface area contributed by atoms with Gasteiger partial charge in [-0.2, -0.15) is 0 Å². The van der Waals surface area contributed by atoms with Crippen LogP contribution < -0.4 is 0 Å². The average molecular weight is 633 g/mol. The fraction of sp³-hybridized carbons (Fsp3) is 0.625. The van der Waals surface area contributed by atoms with Crippen LogP contribution in [0.2, 0.25) is 0 Å². The van der Waals surface area contributed by atoms with Crippen molar-refractivity contribution in [3.8, 4) is 0 Å². The van der Waals surface area contributed by atoms with Gasteiger partial charge < -0.3 is 33.2 Å². The van der Waals surface area contributed by atoms with Crippen LogP contribution in [0.5, 0.6) is 0 Å². The molecule has 4 rings (SSSR count). The zero-order valence-electron chi connectivity index (χ0n) is 26.6. The standard InChI is InChI=1S/C32H40O13/c1-16-14-23(40-18(3)34)26(42-20(5)36)31(15-39-17(2)33)28(44-29(38)22-12-10-9-11-13-22)25(41-19(4)35)24-27(43-21(6)37)32(16,31)45-30(24,7)8/h9-13,16,23-28H,14-15H2,1-8H3/t16-,23+,24-,25-,26+,27-,28+,31+,32-/m1/s1. The maximum atomic E-state index is 13.8. The third-order valence-electron chi connectivity index (χ3n) is 9.00. The molecule has 0 radical (unpaired) electrons. The SMILES string of the molecule is CC(=O)OC[C@]12[C@@H](OC(=O)c3ccccc3)[C@H](OC(C)=O)[C@@H]3[C@@H](OC(C)=O)[C@]1(OC3(C)C)[C@H](C)C[C@H](OC(C)=O)[C@@H]2OC(C)=O. The first kappa shape index (κ1) is 33.9. The Morgan fingerprint density at radius 1 is 0.733 bits per heavy atom. The summed E-state index contributed by atoms with van der Waals surface area (Å²) >= 11 is 0. The number of esters is 6. The molecule has 13 nitrogen and oxygen atoms in total. The van der Waals surface area contributed by atoms with E-state index >= 15 is 0 Å². The summed E-state index contributed by atoms with van der Waals surface area (Å²) < 4.78 is 42.5. The van der Waals surface area contributed by atoms with Crippen LogP contribution in [0.15, 0.2) is 30.3 Å². The van der Waals surface area contributed by atoms with E-state index in [9.17, 15) is 28.8 Å². The number of ether oxygens (including phenoxy) is 7. The lowest BCUT2D eigenvalue weighted by molar-refractivity contribution is -0.329. The largest absolute Gasteiger partial charge is 0.465 e. The van der Waals surface area contributed by atoms with Crippen LogP contribution in [0.3, 0.4) is 0 Å². The highest BCUT2D eigenvalue weighted by Gasteiger charge is 2.85. The number of rotatable bonds is 8. The molecule has 3 aliphatic rings. The summed E-state index contributed by atoms with van der Waals surface area (Å²) in [5.41, 5.74) is -4.73. The number of benzene rings is 1. The van der Waals surface area contributed by atoms with Gasteiger partial charge in [0.2, 0.25) is 0 Å². The molecule has 3 fully saturated rings. The molecular weight excluding hydrogens is 592 g/mol. The van der Waals surface area contributed by atoms with Crippen LogP contribution in [-0.2, 0) is 57.1 Å². The molecular formula is C32H40O13.